The van der Waals surface area contributed by atoms with Crippen molar-refractivity contribution in [2.45, 2.75) is 26.2 Å². The van der Waals surface area contributed by atoms with Crippen LogP contribution in [0.25, 0.3) is 0 Å². The van der Waals surface area contributed by atoms with E-state index in [0.29, 0.717) is 5.82 Å². The van der Waals surface area contributed by atoms with Gasteiger partial charge in [0.1, 0.15) is 5.69 Å². The Kier molecular flexibility index (Phi) is 4.55. The molecule has 0 bridgehead atoms. The molecule has 2 aromatic rings. The molecule has 7 heteroatoms. The predicted molar refractivity (Wildman–Crippen MR) is 82.5 cm³/mol. The van der Waals surface area contributed by atoms with Crippen molar-refractivity contribution in [1.29, 1.82) is 0 Å². The maximum absolute atomic E-state index is 11.8. The average Bonchev–Trinajstić information content (AvgIpc) is 2.94. The second-order valence-electron chi connectivity index (χ2n) is 5.86. The molecule has 0 saturated carbocycles. The van der Waals surface area contributed by atoms with Gasteiger partial charge in [-0.3, -0.25) is 19.7 Å². The molecule has 22 heavy (non-hydrogen) atoms. The lowest BCUT2D eigenvalue weighted by molar-refractivity contribution is -0.115. The number of rotatable bonds is 4. The number of aromatic nitrogens is 3. The van der Waals surface area contributed by atoms with Crippen molar-refractivity contribution >= 4 is 17.6 Å². The standard InChI is InChI=1S/C15H19N5O2/c1-15(2,3)11-8-12(20-19-11)18-13(21)9-17-14(22)10-6-4-5-7-16-10/h4-8H,9H2,1-3H3,(H,17,22)(H2,18,19,20,21). The zero-order valence-electron chi connectivity index (χ0n) is 12.8. The first kappa shape index (κ1) is 15.7. The lowest BCUT2D eigenvalue weighted by Crippen LogP contribution is -2.33. The number of hydrogen-bond acceptors (Lipinski definition) is 4. The Bertz CT molecular complexity index is 658. The Balaban J connectivity index is 1.86. The summed E-state index contributed by atoms with van der Waals surface area (Å²) < 4.78 is 0. The van der Waals surface area contributed by atoms with E-state index in [9.17, 15) is 9.59 Å². The van der Waals surface area contributed by atoms with E-state index in [1.54, 1.807) is 24.3 Å². The van der Waals surface area contributed by atoms with Gasteiger partial charge < -0.3 is 10.6 Å². The molecule has 2 amide bonds. The number of hydrogen-bond donors (Lipinski definition) is 3. The highest BCUT2D eigenvalue weighted by Crippen LogP contribution is 2.21. The lowest BCUT2D eigenvalue weighted by atomic mass is 9.92. The van der Waals surface area contributed by atoms with Crippen LogP contribution >= 0.6 is 0 Å². The van der Waals surface area contributed by atoms with Gasteiger partial charge in [-0.1, -0.05) is 26.8 Å². The molecule has 0 aromatic carbocycles. The molecule has 2 rings (SSSR count). The van der Waals surface area contributed by atoms with Gasteiger partial charge in [0.15, 0.2) is 5.82 Å². The first-order valence-corrected chi connectivity index (χ1v) is 6.91. The summed E-state index contributed by atoms with van der Waals surface area (Å²) >= 11 is 0. The van der Waals surface area contributed by atoms with Crippen LogP contribution in [0, 0.1) is 0 Å². The van der Waals surface area contributed by atoms with Crippen molar-refractivity contribution < 1.29 is 9.59 Å². The maximum Gasteiger partial charge on any atom is 0.270 e. The van der Waals surface area contributed by atoms with Crippen LogP contribution < -0.4 is 10.6 Å². The van der Waals surface area contributed by atoms with Crippen molar-refractivity contribution in [2.75, 3.05) is 11.9 Å². The topological polar surface area (TPSA) is 99.8 Å². The van der Waals surface area contributed by atoms with Gasteiger partial charge in [-0.15, -0.1) is 0 Å². The van der Waals surface area contributed by atoms with Crippen LogP contribution in [0.3, 0.4) is 0 Å². The maximum atomic E-state index is 11.8. The fourth-order valence-electron chi connectivity index (χ4n) is 1.71. The second kappa shape index (κ2) is 6.38. The van der Waals surface area contributed by atoms with Gasteiger partial charge in [0.05, 0.1) is 6.54 Å². The minimum absolute atomic E-state index is 0.0802. The van der Waals surface area contributed by atoms with E-state index >= 15 is 0 Å². The fourth-order valence-corrected chi connectivity index (χ4v) is 1.71. The Labute approximate surface area is 128 Å². The monoisotopic (exact) mass is 301 g/mol. The number of carbonyl (C=O) groups excluding carboxylic acids is 2. The number of anilines is 1. The summed E-state index contributed by atoms with van der Waals surface area (Å²) in [6.07, 6.45) is 1.52. The van der Waals surface area contributed by atoms with E-state index in [1.165, 1.54) is 6.20 Å². The van der Waals surface area contributed by atoms with Gasteiger partial charge in [0, 0.05) is 23.4 Å². The molecule has 0 unspecified atom stereocenters. The molecule has 0 radical (unpaired) electrons. The number of aromatic amines is 1. The fraction of sp³-hybridized carbons (Fsp3) is 0.333. The summed E-state index contributed by atoms with van der Waals surface area (Å²) in [4.78, 5) is 27.5. The lowest BCUT2D eigenvalue weighted by Gasteiger charge is -2.14. The molecular formula is C15H19N5O2. The van der Waals surface area contributed by atoms with Crippen LogP contribution in [0.1, 0.15) is 37.0 Å². The van der Waals surface area contributed by atoms with E-state index in [4.69, 9.17) is 0 Å². The number of amides is 2. The zero-order chi connectivity index (χ0) is 16.2. The zero-order valence-corrected chi connectivity index (χ0v) is 12.8. The largest absolute Gasteiger partial charge is 0.342 e. The highest BCUT2D eigenvalue weighted by atomic mass is 16.2. The highest BCUT2D eigenvalue weighted by Gasteiger charge is 2.17. The van der Waals surface area contributed by atoms with E-state index in [0.717, 1.165) is 5.69 Å². The number of H-pyrrole nitrogens is 1. The van der Waals surface area contributed by atoms with Crippen LogP contribution in [0.4, 0.5) is 5.82 Å². The molecule has 3 N–H and O–H groups in total. The molecule has 0 fully saturated rings. The first-order chi connectivity index (χ1) is 10.4. The summed E-state index contributed by atoms with van der Waals surface area (Å²) in [6.45, 7) is 5.98. The molecular weight excluding hydrogens is 282 g/mol. The van der Waals surface area contributed by atoms with Crippen LogP contribution in [-0.2, 0) is 10.2 Å². The van der Waals surface area contributed by atoms with Gasteiger partial charge in [-0.05, 0) is 12.1 Å². The molecule has 0 spiro atoms. The Morgan fingerprint density at radius 1 is 1.27 bits per heavy atom. The first-order valence-electron chi connectivity index (χ1n) is 6.91. The highest BCUT2D eigenvalue weighted by molar-refractivity contribution is 5.97. The van der Waals surface area contributed by atoms with Crippen LogP contribution in [0.15, 0.2) is 30.5 Å². The summed E-state index contributed by atoms with van der Waals surface area (Å²) in [7, 11) is 0. The van der Waals surface area contributed by atoms with E-state index in [1.807, 2.05) is 20.8 Å². The Morgan fingerprint density at radius 2 is 2.05 bits per heavy atom. The van der Waals surface area contributed by atoms with Gasteiger partial charge >= 0.3 is 0 Å². The third kappa shape index (κ3) is 4.15. The molecule has 0 aliphatic rings. The smallest absolute Gasteiger partial charge is 0.270 e. The molecule has 2 heterocycles. The Hall–Kier alpha value is -2.70. The van der Waals surface area contributed by atoms with Crippen molar-refractivity contribution in [3.05, 3.63) is 41.9 Å². The quantitative estimate of drug-likeness (QED) is 0.796. The van der Waals surface area contributed by atoms with Gasteiger partial charge in [-0.25, -0.2) is 0 Å². The molecule has 0 saturated heterocycles. The van der Waals surface area contributed by atoms with E-state index in [-0.39, 0.29) is 23.6 Å². The third-order valence-corrected chi connectivity index (χ3v) is 2.96. The predicted octanol–water partition coefficient (Wildman–Crippen LogP) is 1.47. The van der Waals surface area contributed by atoms with E-state index < -0.39 is 5.91 Å². The van der Waals surface area contributed by atoms with Crippen LogP contribution in [0.5, 0.6) is 0 Å². The molecule has 0 aliphatic heterocycles. The van der Waals surface area contributed by atoms with Crippen molar-refractivity contribution in [3.8, 4) is 0 Å². The number of nitrogens with zero attached hydrogens (tertiary/aromatic N) is 2. The molecule has 116 valence electrons. The summed E-state index contributed by atoms with van der Waals surface area (Å²) in [6, 6.07) is 6.78. The summed E-state index contributed by atoms with van der Waals surface area (Å²) in [5.41, 5.74) is 1.11. The number of carbonyl (C=O) groups is 2. The number of pyridine rings is 1. The van der Waals surface area contributed by atoms with Crippen molar-refractivity contribution in [2.24, 2.45) is 0 Å². The third-order valence-electron chi connectivity index (χ3n) is 2.96. The molecule has 2 aromatic heterocycles. The second-order valence-corrected chi connectivity index (χ2v) is 5.86. The average molecular weight is 301 g/mol. The van der Waals surface area contributed by atoms with Gasteiger partial charge in [-0.2, -0.15) is 5.10 Å². The van der Waals surface area contributed by atoms with Crippen LogP contribution in [0.2, 0.25) is 0 Å². The van der Waals surface area contributed by atoms with Crippen molar-refractivity contribution in [3.63, 3.8) is 0 Å². The minimum atomic E-state index is -0.395. The number of nitrogens with one attached hydrogen (secondary N) is 3. The summed E-state index contributed by atoms with van der Waals surface area (Å²) in [5, 5.41) is 12.0. The van der Waals surface area contributed by atoms with Crippen LogP contribution in [-0.4, -0.2) is 33.5 Å². The molecule has 0 atom stereocenters. The Morgan fingerprint density at radius 3 is 2.64 bits per heavy atom. The molecule has 0 aliphatic carbocycles. The summed E-state index contributed by atoms with van der Waals surface area (Å²) in [5.74, 6) is -0.314. The van der Waals surface area contributed by atoms with Gasteiger partial charge in [0.25, 0.3) is 5.91 Å². The van der Waals surface area contributed by atoms with Gasteiger partial charge in [0.2, 0.25) is 5.91 Å². The van der Waals surface area contributed by atoms with E-state index in [2.05, 4.69) is 25.8 Å². The van der Waals surface area contributed by atoms with Crippen molar-refractivity contribution in [1.82, 2.24) is 20.5 Å². The normalized spacial score (nSPS) is 11.0. The minimum Gasteiger partial charge on any atom is -0.342 e. The SMILES string of the molecule is CC(C)(C)c1cc(NC(=O)CNC(=O)c2ccccn2)n[nH]1. The molecule has 7 nitrogen and oxygen atoms in total.